The van der Waals surface area contributed by atoms with Gasteiger partial charge in [0.25, 0.3) is 5.56 Å². The fourth-order valence-corrected chi connectivity index (χ4v) is 1.25. The highest BCUT2D eigenvalue weighted by Gasteiger charge is 2.03. The van der Waals surface area contributed by atoms with Crippen LogP contribution in [0.15, 0.2) is 35.3 Å². The minimum absolute atomic E-state index is 0.0889. The first-order valence-electron chi connectivity index (χ1n) is 5.11. The van der Waals surface area contributed by atoms with Crippen LogP contribution in [-0.4, -0.2) is 11.2 Å². The second-order valence-corrected chi connectivity index (χ2v) is 3.61. The van der Waals surface area contributed by atoms with E-state index in [0.717, 1.165) is 12.0 Å². The van der Waals surface area contributed by atoms with E-state index in [4.69, 9.17) is 4.74 Å². The number of aromatic nitrogens is 1. The molecule has 15 heavy (non-hydrogen) atoms. The lowest BCUT2D eigenvalue weighted by molar-refractivity contribution is 0.310. The van der Waals surface area contributed by atoms with E-state index in [-0.39, 0.29) is 5.56 Å². The van der Waals surface area contributed by atoms with E-state index in [9.17, 15) is 4.79 Å². The molecule has 0 saturated heterocycles. The van der Waals surface area contributed by atoms with Gasteiger partial charge in [-0.1, -0.05) is 19.1 Å². The third kappa shape index (κ3) is 3.27. The maximum Gasteiger partial charge on any atom is 0.293 e. The first kappa shape index (κ1) is 11.6. The summed E-state index contributed by atoms with van der Waals surface area (Å²) >= 11 is 0. The van der Waals surface area contributed by atoms with E-state index in [0.29, 0.717) is 18.9 Å². The molecule has 1 rings (SSSR count). The van der Waals surface area contributed by atoms with E-state index in [1.165, 1.54) is 0 Å². The fourth-order valence-electron chi connectivity index (χ4n) is 1.25. The van der Waals surface area contributed by atoms with Gasteiger partial charge >= 0.3 is 0 Å². The first-order chi connectivity index (χ1) is 7.15. The van der Waals surface area contributed by atoms with E-state index in [1.54, 1.807) is 16.8 Å². The molecule has 3 nitrogen and oxygen atoms in total. The van der Waals surface area contributed by atoms with Crippen molar-refractivity contribution < 1.29 is 4.74 Å². The van der Waals surface area contributed by atoms with Crippen LogP contribution in [0.5, 0.6) is 5.75 Å². The lowest BCUT2D eigenvalue weighted by atomic mass is 10.3. The van der Waals surface area contributed by atoms with Crippen molar-refractivity contribution in [2.45, 2.75) is 26.8 Å². The molecule has 0 fully saturated rings. The lowest BCUT2D eigenvalue weighted by Gasteiger charge is -2.08. The van der Waals surface area contributed by atoms with Crippen molar-refractivity contribution in [3.8, 4) is 5.75 Å². The summed E-state index contributed by atoms with van der Waals surface area (Å²) in [6.45, 7) is 8.81. The topological polar surface area (TPSA) is 31.2 Å². The number of hydrogen-bond acceptors (Lipinski definition) is 2. The lowest BCUT2D eigenvalue weighted by Crippen LogP contribution is -2.21. The highest BCUT2D eigenvalue weighted by Crippen LogP contribution is 2.03. The molecule has 0 spiro atoms. The standard InChI is InChI=1S/C12H17NO2/c1-4-8-15-11-6-5-7-13(12(11)14)9-10(2)3/h5-7H,2,4,8-9H2,1,3H3. The van der Waals surface area contributed by atoms with Gasteiger partial charge in [0.05, 0.1) is 6.61 Å². The zero-order valence-corrected chi connectivity index (χ0v) is 9.32. The Morgan fingerprint density at radius 3 is 2.93 bits per heavy atom. The number of nitrogens with zero attached hydrogens (tertiary/aromatic N) is 1. The number of rotatable bonds is 5. The maximum atomic E-state index is 11.8. The molecule has 1 heterocycles. The van der Waals surface area contributed by atoms with Gasteiger partial charge < -0.3 is 9.30 Å². The predicted molar refractivity (Wildman–Crippen MR) is 61.3 cm³/mol. The maximum absolute atomic E-state index is 11.8. The van der Waals surface area contributed by atoms with Crippen LogP contribution in [0.4, 0.5) is 0 Å². The molecule has 1 aromatic rings. The quantitative estimate of drug-likeness (QED) is 0.693. The summed E-state index contributed by atoms with van der Waals surface area (Å²) in [4.78, 5) is 11.8. The number of pyridine rings is 1. The smallest absolute Gasteiger partial charge is 0.293 e. The van der Waals surface area contributed by atoms with E-state index >= 15 is 0 Å². The Morgan fingerprint density at radius 2 is 2.33 bits per heavy atom. The summed E-state index contributed by atoms with van der Waals surface area (Å²) in [7, 11) is 0. The molecule has 0 aliphatic heterocycles. The third-order valence-electron chi connectivity index (χ3n) is 1.89. The van der Waals surface area contributed by atoms with Gasteiger partial charge in [0.1, 0.15) is 0 Å². The van der Waals surface area contributed by atoms with Crippen LogP contribution in [0.2, 0.25) is 0 Å². The van der Waals surface area contributed by atoms with Crippen molar-refractivity contribution in [1.29, 1.82) is 0 Å². The summed E-state index contributed by atoms with van der Waals surface area (Å²) in [6.07, 6.45) is 2.64. The Bertz CT molecular complexity index is 393. The molecule has 0 unspecified atom stereocenters. The van der Waals surface area contributed by atoms with Crippen LogP contribution in [0, 0.1) is 0 Å². The largest absolute Gasteiger partial charge is 0.488 e. The Hall–Kier alpha value is -1.51. The Morgan fingerprint density at radius 1 is 1.60 bits per heavy atom. The third-order valence-corrected chi connectivity index (χ3v) is 1.89. The molecule has 0 atom stereocenters. The van der Waals surface area contributed by atoms with Crippen molar-refractivity contribution in [1.82, 2.24) is 4.57 Å². The number of hydrogen-bond donors (Lipinski definition) is 0. The summed E-state index contributed by atoms with van der Waals surface area (Å²) in [6, 6.07) is 3.52. The van der Waals surface area contributed by atoms with E-state index in [2.05, 4.69) is 6.58 Å². The van der Waals surface area contributed by atoms with Crippen LogP contribution in [0.25, 0.3) is 0 Å². The molecule has 0 amide bonds. The molecule has 1 aromatic heterocycles. The zero-order chi connectivity index (χ0) is 11.3. The van der Waals surface area contributed by atoms with Crippen molar-refractivity contribution in [3.05, 3.63) is 40.8 Å². The molecule has 3 heteroatoms. The van der Waals surface area contributed by atoms with Gasteiger partial charge in [-0.15, -0.1) is 0 Å². The molecule has 0 aliphatic carbocycles. The minimum Gasteiger partial charge on any atom is -0.488 e. The average molecular weight is 207 g/mol. The van der Waals surface area contributed by atoms with Gasteiger partial charge in [0.2, 0.25) is 0 Å². The molecule has 0 saturated carbocycles. The van der Waals surface area contributed by atoms with Gasteiger partial charge in [-0.25, -0.2) is 0 Å². The fraction of sp³-hybridized carbons (Fsp3) is 0.417. The molecular formula is C12H17NO2. The second kappa shape index (κ2) is 5.39. The average Bonchev–Trinajstić information content (AvgIpc) is 2.19. The summed E-state index contributed by atoms with van der Waals surface area (Å²) in [5.41, 5.74) is 0.860. The molecule has 0 aromatic carbocycles. The minimum atomic E-state index is -0.0889. The summed E-state index contributed by atoms with van der Waals surface area (Å²) in [5.74, 6) is 0.417. The van der Waals surface area contributed by atoms with Gasteiger partial charge in [-0.3, -0.25) is 4.79 Å². The van der Waals surface area contributed by atoms with Gasteiger partial charge in [0.15, 0.2) is 5.75 Å². The molecule has 82 valence electrons. The monoisotopic (exact) mass is 207 g/mol. The van der Waals surface area contributed by atoms with Crippen LogP contribution in [0.1, 0.15) is 20.3 Å². The molecule has 0 bridgehead atoms. The summed E-state index contributed by atoms with van der Waals surface area (Å²) in [5, 5.41) is 0. The van der Waals surface area contributed by atoms with Crippen LogP contribution >= 0.6 is 0 Å². The number of allylic oxidation sites excluding steroid dienone is 1. The predicted octanol–water partition coefficient (Wildman–Crippen LogP) is 2.21. The highest BCUT2D eigenvalue weighted by molar-refractivity contribution is 5.17. The Balaban J connectivity index is 2.90. The zero-order valence-electron chi connectivity index (χ0n) is 9.32. The molecular weight excluding hydrogens is 190 g/mol. The molecule has 0 radical (unpaired) electrons. The highest BCUT2D eigenvalue weighted by atomic mass is 16.5. The second-order valence-electron chi connectivity index (χ2n) is 3.61. The SMILES string of the molecule is C=C(C)Cn1cccc(OCCC)c1=O. The van der Waals surface area contributed by atoms with Crippen molar-refractivity contribution in [3.63, 3.8) is 0 Å². The summed E-state index contributed by atoms with van der Waals surface area (Å²) < 4.78 is 6.95. The van der Waals surface area contributed by atoms with Crippen LogP contribution < -0.4 is 10.3 Å². The molecule has 0 aliphatic rings. The molecule has 0 N–H and O–H groups in total. The van der Waals surface area contributed by atoms with E-state index < -0.39 is 0 Å². The first-order valence-corrected chi connectivity index (χ1v) is 5.11. The van der Waals surface area contributed by atoms with E-state index in [1.807, 2.05) is 19.9 Å². The van der Waals surface area contributed by atoms with Crippen molar-refractivity contribution in [2.75, 3.05) is 6.61 Å². The van der Waals surface area contributed by atoms with Gasteiger partial charge in [0, 0.05) is 12.7 Å². The van der Waals surface area contributed by atoms with Crippen molar-refractivity contribution >= 4 is 0 Å². The van der Waals surface area contributed by atoms with Gasteiger partial charge in [-0.05, 0) is 25.5 Å². The Labute approximate surface area is 90.0 Å². The number of ether oxygens (including phenoxy) is 1. The normalized spacial score (nSPS) is 10.0. The van der Waals surface area contributed by atoms with Crippen LogP contribution in [0.3, 0.4) is 0 Å². The van der Waals surface area contributed by atoms with Gasteiger partial charge in [-0.2, -0.15) is 0 Å². The van der Waals surface area contributed by atoms with Crippen LogP contribution in [-0.2, 0) is 6.54 Å². The Kier molecular flexibility index (Phi) is 4.16. The van der Waals surface area contributed by atoms with Crippen molar-refractivity contribution in [2.24, 2.45) is 0 Å².